The summed E-state index contributed by atoms with van der Waals surface area (Å²) in [5, 5.41) is 2.79. The topological polar surface area (TPSA) is 47.0 Å². The molecule has 0 aromatic carbocycles. The Balaban J connectivity index is 2.98. The Morgan fingerprint density at radius 3 is 2.53 bits per heavy atom. The van der Waals surface area contributed by atoms with Crippen LogP contribution in [0.15, 0.2) is 6.33 Å². The van der Waals surface area contributed by atoms with Crippen LogP contribution in [-0.2, 0) is 6.42 Å². The Labute approximate surface area is 97.2 Å². The van der Waals surface area contributed by atoms with E-state index >= 15 is 0 Å². The van der Waals surface area contributed by atoms with Gasteiger partial charge in [0.25, 0.3) is 0 Å². The van der Waals surface area contributed by atoms with Crippen molar-refractivity contribution in [3.05, 3.63) is 11.9 Å². The van der Waals surface area contributed by atoms with Crippen LogP contribution in [0.2, 0.25) is 0 Å². The number of halogens is 3. The minimum absolute atomic E-state index is 0.0309. The van der Waals surface area contributed by atoms with Crippen LogP contribution < -0.4 is 10.1 Å². The molecule has 0 fully saturated rings. The molecule has 1 aromatic rings. The molecule has 17 heavy (non-hydrogen) atoms. The molecule has 4 nitrogen and oxygen atoms in total. The summed E-state index contributed by atoms with van der Waals surface area (Å²) in [6.45, 7) is 2.74. The Hall–Kier alpha value is -1.53. The molecule has 0 radical (unpaired) electrons. The minimum atomic E-state index is -4.41. The monoisotopic (exact) mass is 249 g/mol. The smallest absolute Gasteiger partial charge is 0.425 e. The molecule has 1 unspecified atom stereocenters. The maximum absolute atomic E-state index is 12.4. The molecule has 1 aromatic heterocycles. The Morgan fingerprint density at radius 1 is 1.41 bits per heavy atom. The van der Waals surface area contributed by atoms with Crippen LogP contribution >= 0.6 is 0 Å². The molecular weight excluding hydrogens is 235 g/mol. The molecule has 7 heteroatoms. The SMILES string of the molecule is CCc1c(NC)ncnc1OC(C)C(F)(F)F. The standard InChI is InChI=1S/C10H14F3N3O/c1-4-7-8(14-3)15-5-16-9(7)17-6(2)10(11,12)13/h5-6H,4H2,1-3H3,(H,14,15,16). The van der Waals surface area contributed by atoms with Crippen LogP contribution in [0.3, 0.4) is 0 Å². The van der Waals surface area contributed by atoms with Crippen molar-refractivity contribution in [3.8, 4) is 5.88 Å². The van der Waals surface area contributed by atoms with Crippen molar-refractivity contribution in [1.82, 2.24) is 9.97 Å². The summed E-state index contributed by atoms with van der Waals surface area (Å²) in [6.07, 6.45) is -4.65. The fraction of sp³-hybridized carbons (Fsp3) is 0.600. The summed E-state index contributed by atoms with van der Waals surface area (Å²) in [6, 6.07) is 0. The molecule has 1 rings (SSSR count). The molecule has 1 N–H and O–H groups in total. The number of rotatable bonds is 4. The van der Waals surface area contributed by atoms with Crippen molar-refractivity contribution >= 4 is 5.82 Å². The van der Waals surface area contributed by atoms with Crippen molar-refractivity contribution in [3.63, 3.8) is 0 Å². The van der Waals surface area contributed by atoms with E-state index in [2.05, 4.69) is 15.3 Å². The van der Waals surface area contributed by atoms with Gasteiger partial charge in [-0.05, 0) is 13.3 Å². The zero-order chi connectivity index (χ0) is 13.1. The highest BCUT2D eigenvalue weighted by Gasteiger charge is 2.38. The van der Waals surface area contributed by atoms with Crippen LogP contribution in [0.4, 0.5) is 19.0 Å². The summed E-state index contributed by atoms with van der Waals surface area (Å²) >= 11 is 0. The Morgan fingerprint density at radius 2 is 2.06 bits per heavy atom. The maximum Gasteiger partial charge on any atom is 0.425 e. The highest BCUT2D eigenvalue weighted by atomic mass is 19.4. The number of anilines is 1. The molecule has 1 atom stereocenters. The van der Waals surface area contributed by atoms with E-state index in [4.69, 9.17) is 4.74 Å². The molecular formula is C10H14F3N3O. The Kier molecular flexibility index (Phi) is 4.14. The molecule has 1 heterocycles. The molecule has 0 aliphatic carbocycles. The lowest BCUT2D eigenvalue weighted by atomic mass is 10.2. The van der Waals surface area contributed by atoms with Crippen LogP contribution in [-0.4, -0.2) is 29.3 Å². The highest BCUT2D eigenvalue weighted by Crippen LogP contribution is 2.28. The van der Waals surface area contributed by atoms with E-state index < -0.39 is 12.3 Å². The molecule has 0 amide bonds. The van der Waals surface area contributed by atoms with Gasteiger partial charge in [0.2, 0.25) is 5.88 Å². The largest absolute Gasteiger partial charge is 0.465 e. The van der Waals surface area contributed by atoms with Gasteiger partial charge in [0, 0.05) is 7.05 Å². The second-order valence-electron chi connectivity index (χ2n) is 3.41. The highest BCUT2D eigenvalue weighted by molar-refractivity contribution is 5.48. The fourth-order valence-electron chi connectivity index (χ4n) is 1.27. The molecule has 0 bridgehead atoms. The van der Waals surface area contributed by atoms with Crippen molar-refractivity contribution in [2.45, 2.75) is 32.5 Å². The van der Waals surface area contributed by atoms with Gasteiger partial charge >= 0.3 is 6.18 Å². The van der Waals surface area contributed by atoms with E-state index in [1.807, 2.05) is 0 Å². The number of hydrogen-bond acceptors (Lipinski definition) is 4. The lowest BCUT2D eigenvalue weighted by molar-refractivity contribution is -0.190. The van der Waals surface area contributed by atoms with Gasteiger partial charge in [-0.1, -0.05) is 6.92 Å². The van der Waals surface area contributed by atoms with E-state index in [1.54, 1.807) is 14.0 Å². The summed E-state index contributed by atoms with van der Waals surface area (Å²) < 4.78 is 41.9. The maximum atomic E-state index is 12.4. The van der Waals surface area contributed by atoms with E-state index in [-0.39, 0.29) is 5.88 Å². The van der Waals surface area contributed by atoms with Gasteiger partial charge in [-0.15, -0.1) is 0 Å². The van der Waals surface area contributed by atoms with Gasteiger partial charge in [-0.2, -0.15) is 13.2 Å². The Bertz CT molecular complexity index is 382. The molecule has 0 aliphatic heterocycles. The fourth-order valence-corrected chi connectivity index (χ4v) is 1.27. The second-order valence-corrected chi connectivity index (χ2v) is 3.41. The number of nitrogens with one attached hydrogen (secondary N) is 1. The first kappa shape index (κ1) is 13.5. The summed E-state index contributed by atoms with van der Waals surface area (Å²) in [7, 11) is 1.64. The average Bonchev–Trinajstić information content (AvgIpc) is 2.27. The molecule has 0 aliphatic rings. The molecule has 0 spiro atoms. The quantitative estimate of drug-likeness (QED) is 0.890. The second kappa shape index (κ2) is 5.20. The third-order valence-corrected chi connectivity index (χ3v) is 2.25. The van der Waals surface area contributed by atoms with Crippen molar-refractivity contribution in [2.24, 2.45) is 0 Å². The van der Waals surface area contributed by atoms with Crippen molar-refractivity contribution < 1.29 is 17.9 Å². The van der Waals surface area contributed by atoms with Gasteiger partial charge in [0.1, 0.15) is 12.1 Å². The van der Waals surface area contributed by atoms with E-state index in [9.17, 15) is 13.2 Å². The normalized spacial score (nSPS) is 13.3. The number of nitrogens with zero attached hydrogens (tertiary/aromatic N) is 2. The number of alkyl halides is 3. The summed E-state index contributed by atoms with van der Waals surface area (Å²) in [4.78, 5) is 7.65. The predicted octanol–water partition coefficient (Wildman–Crippen LogP) is 2.41. The van der Waals surface area contributed by atoms with Gasteiger partial charge in [0.15, 0.2) is 6.10 Å². The van der Waals surface area contributed by atoms with Crippen LogP contribution in [0.1, 0.15) is 19.4 Å². The van der Waals surface area contributed by atoms with E-state index in [0.29, 0.717) is 17.8 Å². The third-order valence-electron chi connectivity index (χ3n) is 2.25. The van der Waals surface area contributed by atoms with Crippen LogP contribution in [0.25, 0.3) is 0 Å². The molecule has 0 saturated heterocycles. The first-order valence-electron chi connectivity index (χ1n) is 5.15. The van der Waals surface area contributed by atoms with Gasteiger partial charge in [0.05, 0.1) is 5.56 Å². The first-order chi connectivity index (χ1) is 7.90. The van der Waals surface area contributed by atoms with Crippen LogP contribution in [0, 0.1) is 0 Å². The van der Waals surface area contributed by atoms with E-state index in [1.165, 1.54) is 6.33 Å². The third kappa shape index (κ3) is 3.21. The minimum Gasteiger partial charge on any atom is -0.465 e. The van der Waals surface area contributed by atoms with Crippen LogP contribution in [0.5, 0.6) is 5.88 Å². The summed E-state index contributed by atoms with van der Waals surface area (Å²) in [5.74, 6) is 0.448. The predicted molar refractivity (Wildman–Crippen MR) is 57.1 cm³/mol. The average molecular weight is 249 g/mol. The first-order valence-corrected chi connectivity index (χ1v) is 5.15. The number of aromatic nitrogens is 2. The van der Waals surface area contributed by atoms with Gasteiger partial charge in [-0.3, -0.25) is 0 Å². The molecule has 0 saturated carbocycles. The zero-order valence-corrected chi connectivity index (χ0v) is 9.80. The van der Waals surface area contributed by atoms with Crippen molar-refractivity contribution in [1.29, 1.82) is 0 Å². The molecule has 96 valence electrons. The zero-order valence-electron chi connectivity index (χ0n) is 9.80. The number of ether oxygens (including phenoxy) is 1. The lowest BCUT2D eigenvalue weighted by Crippen LogP contribution is -2.31. The van der Waals surface area contributed by atoms with E-state index in [0.717, 1.165) is 6.92 Å². The van der Waals surface area contributed by atoms with Gasteiger partial charge < -0.3 is 10.1 Å². The number of hydrogen-bond donors (Lipinski definition) is 1. The van der Waals surface area contributed by atoms with Gasteiger partial charge in [-0.25, -0.2) is 9.97 Å². The van der Waals surface area contributed by atoms with Crippen molar-refractivity contribution in [2.75, 3.05) is 12.4 Å². The lowest BCUT2D eigenvalue weighted by Gasteiger charge is -2.19. The summed E-state index contributed by atoms with van der Waals surface area (Å²) in [5.41, 5.74) is 0.533.